The Bertz CT molecular complexity index is 1290. The molecule has 1 N–H and O–H groups in total. The first-order valence-corrected chi connectivity index (χ1v) is 11.4. The van der Waals surface area contributed by atoms with Crippen LogP contribution in [0.15, 0.2) is 73.1 Å². The molecule has 6 nitrogen and oxygen atoms in total. The number of pyridine rings is 1. The van der Waals surface area contributed by atoms with E-state index in [4.69, 9.17) is 9.84 Å². The molecule has 2 aromatic heterocycles. The second-order valence-electron chi connectivity index (χ2n) is 8.62. The molecule has 4 aromatic rings. The Labute approximate surface area is 192 Å². The van der Waals surface area contributed by atoms with E-state index >= 15 is 0 Å². The summed E-state index contributed by atoms with van der Waals surface area (Å²) >= 11 is 0. The van der Waals surface area contributed by atoms with Crippen molar-refractivity contribution in [2.24, 2.45) is 0 Å². The van der Waals surface area contributed by atoms with Crippen LogP contribution in [0, 0.1) is 0 Å². The summed E-state index contributed by atoms with van der Waals surface area (Å²) in [5.74, 6) is 1.46. The zero-order valence-electron chi connectivity index (χ0n) is 18.2. The maximum absolute atomic E-state index is 12.7. The van der Waals surface area contributed by atoms with Gasteiger partial charge in [0, 0.05) is 30.1 Å². The van der Waals surface area contributed by atoms with Gasteiger partial charge >= 0.3 is 0 Å². The maximum atomic E-state index is 12.7. The summed E-state index contributed by atoms with van der Waals surface area (Å²) in [5.41, 5.74) is 6.67. The quantitative estimate of drug-likeness (QED) is 0.471. The van der Waals surface area contributed by atoms with Crippen molar-refractivity contribution < 1.29 is 9.53 Å². The zero-order chi connectivity index (χ0) is 22.2. The summed E-state index contributed by atoms with van der Waals surface area (Å²) in [6.45, 7) is 1.76. The number of nitrogens with zero attached hydrogens (tertiary/aromatic N) is 3. The molecule has 0 radical (unpaired) electrons. The van der Waals surface area contributed by atoms with Gasteiger partial charge in [-0.25, -0.2) is 0 Å². The predicted octanol–water partition coefficient (Wildman–Crippen LogP) is 4.81. The molecule has 2 aliphatic rings. The molecule has 1 saturated carbocycles. The first kappa shape index (κ1) is 19.7. The maximum Gasteiger partial charge on any atom is 0.270 e. The smallest absolute Gasteiger partial charge is 0.270 e. The number of hydrogen-bond donors (Lipinski definition) is 1. The number of amides is 1. The van der Waals surface area contributed by atoms with Crippen LogP contribution in [-0.4, -0.2) is 27.2 Å². The number of carbonyl (C=O) groups is 1. The van der Waals surface area contributed by atoms with Gasteiger partial charge in [0.2, 0.25) is 0 Å². The zero-order valence-corrected chi connectivity index (χ0v) is 18.2. The van der Waals surface area contributed by atoms with Gasteiger partial charge in [0.05, 0.1) is 6.54 Å². The third-order valence-electron chi connectivity index (χ3n) is 6.31. The average Bonchev–Trinajstić information content (AvgIpc) is 3.64. The molecule has 0 unspecified atom stereocenters. The van der Waals surface area contributed by atoms with Gasteiger partial charge < -0.3 is 10.1 Å². The fraction of sp³-hybridized carbons (Fsp3) is 0.222. The second-order valence-corrected chi connectivity index (χ2v) is 8.62. The van der Waals surface area contributed by atoms with E-state index in [2.05, 4.69) is 34.6 Å². The SMILES string of the molecule is O=C1NCCn2nc(-c3ccncc3)c(-c3ccc(OCc4ccc(C5CC5)cc4)cc3)c21. The van der Waals surface area contributed by atoms with E-state index in [0.29, 0.717) is 25.4 Å². The predicted molar refractivity (Wildman–Crippen MR) is 126 cm³/mol. The van der Waals surface area contributed by atoms with Gasteiger partial charge in [0.25, 0.3) is 5.91 Å². The monoisotopic (exact) mass is 436 g/mol. The molecular weight excluding hydrogens is 412 g/mol. The Morgan fingerprint density at radius 1 is 0.939 bits per heavy atom. The minimum atomic E-state index is -0.0981. The largest absolute Gasteiger partial charge is 0.489 e. The number of rotatable bonds is 6. The fourth-order valence-corrected chi connectivity index (χ4v) is 4.39. The molecule has 0 bridgehead atoms. The van der Waals surface area contributed by atoms with Crippen molar-refractivity contribution in [3.05, 3.63) is 89.9 Å². The van der Waals surface area contributed by atoms with Gasteiger partial charge in [0.15, 0.2) is 0 Å². The van der Waals surface area contributed by atoms with E-state index < -0.39 is 0 Å². The minimum Gasteiger partial charge on any atom is -0.489 e. The van der Waals surface area contributed by atoms with E-state index in [0.717, 1.165) is 39.6 Å². The van der Waals surface area contributed by atoms with Crippen LogP contribution in [-0.2, 0) is 13.2 Å². The number of benzene rings is 2. The molecule has 164 valence electrons. The molecule has 0 atom stereocenters. The van der Waals surface area contributed by atoms with Crippen LogP contribution in [0.3, 0.4) is 0 Å². The Morgan fingerprint density at radius 2 is 1.70 bits per heavy atom. The van der Waals surface area contributed by atoms with Crippen LogP contribution >= 0.6 is 0 Å². The highest BCUT2D eigenvalue weighted by Crippen LogP contribution is 2.40. The Morgan fingerprint density at radius 3 is 2.42 bits per heavy atom. The van der Waals surface area contributed by atoms with Gasteiger partial charge in [-0.05, 0) is 59.7 Å². The summed E-state index contributed by atoms with van der Waals surface area (Å²) in [4.78, 5) is 16.8. The van der Waals surface area contributed by atoms with Crippen molar-refractivity contribution in [2.45, 2.75) is 31.9 Å². The van der Waals surface area contributed by atoms with Crippen LogP contribution in [0.2, 0.25) is 0 Å². The van der Waals surface area contributed by atoms with Gasteiger partial charge in [-0.15, -0.1) is 0 Å². The van der Waals surface area contributed by atoms with Gasteiger partial charge in [-0.3, -0.25) is 14.5 Å². The lowest BCUT2D eigenvalue weighted by Crippen LogP contribution is -2.35. The van der Waals surface area contributed by atoms with Gasteiger partial charge in [-0.2, -0.15) is 5.10 Å². The highest BCUT2D eigenvalue weighted by atomic mass is 16.5. The van der Waals surface area contributed by atoms with Gasteiger partial charge in [-0.1, -0.05) is 36.4 Å². The van der Waals surface area contributed by atoms with Crippen LogP contribution in [0.1, 0.15) is 40.4 Å². The average molecular weight is 437 g/mol. The molecule has 2 aromatic carbocycles. The van der Waals surface area contributed by atoms with Crippen molar-refractivity contribution in [3.63, 3.8) is 0 Å². The number of ether oxygens (including phenoxy) is 1. The van der Waals surface area contributed by atoms with Crippen molar-refractivity contribution in [2.75, 3.05) is 6.54 Å². The molecular formula is C27H24N4O2. The number of carbonyl (C=O) groups excluding carboxylic acids is 1. The standard InChI is InChI=1S/C27H24N4O2/c32-27-26-24(25(22-11-13-28-14-12-22)30-31(26)16-15-29-27)21-7-9-23(10-8-21)33-17-18-1-3-19(4-2-18)20-5-6-20/h1-4,7-14,20H,5-6,15-17H2,(H,29,32). The van der Waals surface area contributed by atoms with E-state index in [-0.39, 0.29) is 5.91 Å². The van der Waals surface area contributed by atoms with E-state index in [9.17, 15) is 4.79 Å². The van der Waals surface area contributed by atoms with E-state index in [1.807, 2.05) is 36.4 Å². The third kappa shape index (κ3) is 3.89. The summed E-state index contributed by atoms with van der Waals surface area (Å²) in [6.07, 6.45) is 6.11. The highest BCUT2D eigenvalue weighted by molar-refractivity contribution is 6.03. The molecule has 6 heteroatoms. The fourth-order valence-electron chi connectivity index (χ4n) is 4.39. The van der Waals surface area contributed by atoms with Crippen molar-refractivity contribution in [3.8, 4) is 28.1 Å². The summed E-state index contributed by atoms with van der Waals surface area (Å²) < 4.78 is 7.83. The normalized spacial score (nSPS) is 15.1. The Balaban J connectivity index is 1.27. The van der Waals surface area contributed by atoms with Crippen molar-refractivity contribution in [1.29, 1.82) is 0 Å². The first-order chi connectivity index (χ1) is 16.3. The summed E-state index contributed by atoms with van der Waals surface area (Å²) in [5, 5.41) is 7.71. The molecule has 0 spiro atoms. The van der Waals surface area contributed by atoms with E-state index in [1.54, 1.807) is 17.1 Å². The first-order valence-electron chi connectivity index (χ1n) is 11.4. The van der Waals surface area contributed by atoms with Crippen LogP contribution in [0.25, 0.3) is 22.4 Å². The number of aromatic nitrogens is 3. The Kier molecular flexibility index (Phi) is 4.91. The van der Waals surface area contributed by atoms with Crippen LogP contribution < -0.4 is 10.1 Å². The molecule has 1 fully saturated rings. The lowest BCUT2D eigenvalue weighted by Gasteiger charge is -2.15. The topological polar surface area (TPSA) is 69.0 Å². The molecule has 3 heterocycles. The molecule has 6 rings (SSSR count). The van der Waals surface area contributed by atoms with Crippen LogP contribution in [0.5, 0.6) is 5.75 Å². The number of hydrogen-bond acceptors (Lipinski definition) is 4. The molecule has 1 amide bonds. The molecule has 33 heavy (non-hydrogen) atoms. The number of nitrogens with one attached hydrogen (secondary N) is 1. The molecule has 1 aliphatic carbocycles. The number of fused-ring (bicyclic) bond motifs is 1. The van der Waals surface area contributed by atoms with Crippen molar-refractivity contribution in [1.82, 2.24) is 20.1 Å². The van der Waals surface area contributed by atoms with Crippen LogP contribution in [0.4, 0.5) is 0 Å². The second kappa shape index (κ2) is 8.20. The lowest BCUT2D eigenvalue weighted by atomic mass is 9.98. The Hall–Kier alpha value is -3.93. The molecule has 0 saturated heterocycles. The lowest BCUT2D eigenvalue weighted by molar-refractivity contribution is 0.0925. The van der Waals surface area contributed by atoms with E-state index in [1.165, 1.54) is 18.4 Å². The van der Waals surface area contributed by atoms with Gasteiger partial charge in [0.1, 0.15) is 23.7 Å². The highest BCUT2D eigenvalue weighted by Gasteiger charge is 2.28. The third-order valence-corrected chi connectivity index (χ3v) is 6.31. The summed E-state index contributed by atoms with van der Waals surface area (Å²) in [7, 11) is 0. The summed E-state index contributed by atoms with van der Waals surface area (Å²) in [6, 6.07) is 20.5. The molecule has 1 aliphatic heterocycles. The minimum absolute atomic E-state index is 0.0981. The van der Waals surface area contributed by atoms with Crippen molar-refractivity contribution >= 4 is 5.91 Å².